The fourth-order valence-corrected chi connectivity index (χ4v) is 2.80. The van der Waals surface area contributed by atoms with E-state index < -0.39 is 0 Å². The quantitative estimate of drug-likeness (QED) is 0.681. The van der Waals surface area contributed by atoms with Gasteiger partial charge in [0.2, 0.25) is 0 Å². The SMILES string of the molecule is CC(=O)/C=C\c1nnc2cc3c(cc2c1-c1ccc(C)o1)OCCO3. The number of allylic oxidation sites excluding steroid dienone is 1. The van der Waals surface area contributed by atoms with Crippen molar-refractivity contribution in [2.24, 2.45) is 0 Å². The lowest BCUT2D eigenvalue weighted by molar-refractivity contribution is -0.112. The average Bonchev–Trinajstić information content (AvgIpc) is 3.03. The van der Waals surface area contributed by atoms with Gasteiger partial charge in [-0.1, -0.05) is 0 Å². The van der Waals surface area contributed by atoms with Gasteiger partial charge in [-0.2, -0.15) is 0 Å². The molecule has 0 saturated carbocycles. The van der Waals surface area contributed by atoms with Gasteiger partial charge in [-0.05, 0) is 44.2 Å². The van der Waals surface area contributed by atoms with Crippen LogP contribution in [0.2, 0.25) is 0 Å². The summed E-state index contributed by atoms with van der Waals surface area (Å²) in [6.45, 7) is 4.38. The number of ether oxygens (including phenoxy) is 2. The Bertz CT molecular complexity index is 1000. The van der Waals surface area contributed by atoms with Crippen LogP contribution in [0.1, 0.15) is 18.4 Å². The molecule has 126 valence electrons. The first-order chi connectivity index (χ1) is 12.1. The number of rotatable bonds is 3. The lowest BCUT2D eigenvalue weighted by atomic mass is 10.0. The standard InChI is InChI=1S/C19H16N2O4/c1-11(22)3-5-14-19(16-6-4-12(2)25-16)13-9-17-18(24-8-7-23-17)10-15(13)21-20-14/h3-6,9-10H,7-8H2,1-2H3/b5-3-. The third-order valence-electron chi connectivity index (χ3n) is 3.91. The van der Waals surface area contributed by atoms with Gasteiger partial charge in [0.05, 0.1) is 16.8 Å². The van der Waals surface area contributed by atoms with E-state index in [0.717, 1.165) is 16.7 Å². The number of aryl methyl sites for hydroxylation is 1. The Hall–Kier alpha value is -3.15. The fourth-order valence-electron chi connectivity index (χ4n) is 2.80. The zero-order chi connectivity index (χ0) is 17.4. The number of benzene rings is 1. The van der Waals surface area contributed by atoms with Crippen LogP contribution in [-0.2, 0) is 4.79 Å². The minimum atomic E-state index is -0.0642. The maximum atomic E-state index is 11.3. The Morgan fingerprint density at radius 2 is 1.88 bits per heavy atom. The summed E-state index contributed by atoms with van der Waals surface area (Å²) in [5, 5.41) is 9.37. The smallest absolute Gasteiger partial charge is 0.163 e. The summed E-state index contributed by atoms with van der Waals surface area (Å²) in [4.78, 5) is 11.3. The van der Waals surface area contributed by atoms with Gasteiger partial charge in [0.1, 0.15) is 24.7 Å². The number of nitrogens with zero attached hydrogens (tertiary/aromatic N) is 2. The average molecular weight is 336 g/mol. The predicted octanol–water partition coefficient (Wildman–Crippen LogP) is 3.57. The molecule has 3 heterocycles. The number of fused-ring (bicyclic) bond motifs is 2. The Kier molecular flexibility index (Phi) is 3.72. The number of aromatic nitrogens is 2. The second-order valence-electron chi connectivity index (χ2n) is 5.83. The Morgan fingerprint density at radius 1 is 1.12 bits per heavy atom. The van der Waals surface area contributed by atoms with Gasteiger partial charge >= 0.3 is 0 Å². The van der Waals surface area contributed by atoms with Crippen LogP contribution < -0.4 is 9.47 Å². The van der Waals surface area contributed by atoms with E-state index in [1.54, 1.807) is 6.08 Å². The van der Waals surface area contributed by atoms with Gasteiger partial charge in [0.15, 0.2) is 17.3 Å². The predicted molar refractivity (Wildman–Crippen MR) is 92.7 cm³/mol. The van der Waals surface area contributed by atoms with Crippen molar-refractivity contribution in [3.63, 3.8) is 0 Å². The molecule has 0 saturated heterocycles. The molecule has 2 aromatic heterocycles. The number of ketones is 1. The normalized spacial score (nSPS) is 13.5. The topological polar surface area (TPSA) is 74.5 Å². The molecule has 0 unspecified atom stereocenters. The molecule has 3 aromatic rings. The minimum Gasteiger partial charge on any atom is -0.486 e. The molecule has 6 nitrogen and oxygen atoms in total. The van der Waals surface area contributed by atoms with E-state index in [2.05, 4.69) is 10.2 Å². The first-order valence-corrected chi connectivity index (χ1v) is 7.97. The van der Waals surface area contributed by atoms with Crippen molar-refractivity contribution >= 4 is 22.8 Å². The van der Waals surface area contributed by atoms with Crippen molar-refractivity contribution < 1.29 is 18.7 Å². The number of furan rings is 1. The van der Waals surface area contributed by atoms with E-state index in [-0.39, 0.29) is 5.78 Å². The summed E-state index contributed by atoms with van der Waals surface area (Å²) in [6.07, 6.45) is 3.12. The third kappa shape index (κ3) is 2.87. The molecule has 1 aromatic carbocycles. The van der Waals surface area contributed by atoms with Crippen LogP contribution >= 0.6 is 0 Å². The van der Waals surface area contributed by atoms with E-state index in [1.165, 1.54) is 13.0 Å². The Labute approximate surface area is 144 Å². The van der Waals surface area contributed by atoms with Gasteiger partial charge in [-0.3, -0.25) is 4.79 Å². The molecule has 6 heteroatoms. The largest absolute Gasteiger partial charge is 0.486 e. The van der Waals surface area contributed by atoms with E-state index in [4.69, 9.17) is 13.9 Å². The molecule has 0 radical (unpaired) electrons. The molecule has 0 bridgehead atoms. The van der Waals surface area contributed by atoms with Crippen molar-refractivity contribution in [1.82, 2.24) is 10.2 Å². The zero-order valence-corrected chi connectivity index (χ0v) is 13.9. The van der Waals surface area contributed by atoms with Crippen molar-refractivity contribution in [1.29, 1.82) is 0 Å². The van der Waals surface area contributed by atoms with Crippen LogP contribution in [-0.4, -0.2) is 29.2 Å². The van der Waals surface area contributed by atoms with Crippen LogP contribution in [0.25, 0.3) is 28.3 Å². The minimum absolute atomic E-state index is 0.0642. The molecule has 0 fully saturated rings. The Morgan fingerprint density at radius 3 is 2.56 bits per heavy atom. The van der Waals surface area contributed by atoms with Gasteiger partial charge in [-0.15, -0.1) is 10.2 Å². The maximum absolute atomic E-state index is 11.3. The second kappa shape index (κ2) is 6.05. The molecule has 0 spiro atoms. The van der Waals surface area contributed by atoms with Crippen LogP contribution in [0.5, 0.6) is 11.5 Å². The summed E-state index contributed by atoms with van der Waals surface area (Å²) in [5.74, 6) is 2.71. The molecule has 1 aliphatic heterocycles. The number of hydrogen-bond acceptors (Lipinski definition) is 6. The first-order valence-electron chi connectivity index (χ1n) is 7.97. The number of hydrogen-bond donors (Lipinski definition) is 0. The monoisotopic (exact) mass is 336 g/mol. The van der Waals surface area contributed by atoms with Gasteiger partial charge in [0.25, 0.3) is 0 Å². The third-order valence-corrected chi connectivity index (χ3v) is 3.91. The second-order valence-corrected chi connectivity index (χ2v) is 5.83. The molecule has 0 N–H and O–H groups in total. The molecule has 4 rings (SSSR count). The fraction of sp³-hybridized carbons (Fsp3) is 0.211. The van der Waals surface area contributed by atoms with E-state index >= 15 is 0 Å². The van der Waals surface area contributed by atoms with Gasteiger partial charge in [-0.25, -0.2) is 0 Å². The highest BCUT2D eigenvalue weighted by Crippen LogP contribution is 2.39. The molecule has 25 heavy (non-hydrogen) atoms. The Balaban J connectivity index is 2.00. The van der Waals surface area contributed by atoms with Crippen LogP contribution in [0.3, 0.4) is 0 Å². The van der Waals surface area contributed by atoms with Crippen LogP contribution in [0, 0.1) is 6.92 Å². The van der Waals surface area contributed by atoms with Crippen molar-refractivity contribution in [2.45, 2.75) is 13.8 Å². The highest BCUT2D eigenvalue weighted by molar-refractivity contribution is 5.99. The zero-order valence-electron chi connectivity index (χ0n) is 13.9. The van der Waals surface area contributed by atoms with Crippen LogP contribution in [0.4, 0.5) is 0 Å². The maximum Gasteiger partial charge on any atom is 0.163 e. The lowest BCUT2D eigenvalue weighted by Gasteiger charge is -2.19. The van der Waals surface area contributed by atoms with E-state index in [9.17, 15) is 4.79 Å². The van der Waals surface area contributed by atoms with Crippen molar-refractivity contribution in [3.8, 4) is 22.8 Å². The van der Waals surface area contributed by atoms with Gasteiger partial charge in [0, 0.05) is 11.5 Å². The molecular weight excluding hydrogens is 320 g/mol. The lowest BCUT2D eigenvalue weighted by Crippen LogP contribution is -2.15. The molecule has 1 aliphatic rings. The molecule has 0 atom stereocenters. The molecular formula is C19H16N2O4. The van der Waals surface area contributed by atoms with E-state index in [1.807, 2.05) is 31.2 Å². The van der Waals surface area contributed by atoms with Crippen molar-refractivity contribution in [2.75, 3.05) is 13.2 Å². The van der Waals surface area contributed by atoms with E-state index in [0.29, 0.717) is 41.7 Å². The summed E-state index contributed by atoms with van der Waals surface area (Å²) >= 11 is 0. The number of carbonyl (C=O) groups excluding carboxylic acids is 1. The summed E-state index contributed by atoms with van der Waals surface area (Å²) in [5.41, 5.74) is 2.01. The molecule has 0 amide bonds. The first kappa shape index (κ1) is 15.4. The summed E-state index contributed by atoms with van der Waals surface area (Å²) in [6, 6.07) is 7.47. The van der Waals surface area contributed by atoms with Gasteiger partial charge < -0.3 is 13.9 Å². The summed E-state index contributed by atoms with van der Waals surface area (Å²) < 4.78 is 17.1. The number of carbonyl (C=O) groups is 1. The highest BCUT2D eigenvalue weighted by Gasteiger charge is 2.19. The highest BCUT2D eigenvalue weighted by atomic mass is 16.6. The van der Waals surface area contributed by atoms with Crippen LogP contribution in [0.15, 0.2) is 34.8 Å². The van der Waals surface area contributed by atoms with Crippen molar-refractivity contribution in [3.05, 3.63) is 41.8 Å². The summed E-state index contributed by atoms with van der Waals surface area (Å²) in [7, 11) is 0. The molecule has 0 aliphatic carbocycles.